The monoisotopic (exact) mass is 476 g/mol. The number of benzene rings is 1. The lowest BCUT2D eigenvalue weighted by Gasteiger charge is -2.36. The van der Waals surface area contributed by atoms with Gasteiger partial charge in [0.1, 0.15) is 11.4 Å². The summed E-state index contributed by atoms with van der Waals surface area (Å²) in [5.74, 6) is -0.616. The van der Waals surface area contributed by atoms with E-state index < -0.39 is 10.9 Å². The summed E-state index contributed by atoms with van der Waals surface area (Å²) in [6.07, 6.45) is 5.89. The largest absolute Gasteiger partial charge is 0.505 e. The molecule has 184 valence electrons. The third-order valence-electron chi connectivity index (χ3n) is 7.23. The Morgan fingerprint density at radius 3 is 2.34 bits per heavy atom. The van der Waals surface area contributed by atoms with Gasteiger partial charge in [-0.2, -0.15) is 0 Å². The molecule has 3 N–H and O–H groups in total. The van der Waals surface area contributed by atoms with Crippen molar-refractivity contribution in [1.82, 2.24) is 9.88 Å². The lowest BCUT2D eigenvalue weighted by molar-refractivity contribution is 0.0824. The number of aromatic nitrogens is 1. The maximum absolute atomic E-state index is 12.7. The van der Waals surface area contributed by atoms with Gasteiger partial charge in [0.25, 0.3) is 16.8 Å². The Bertz CT molecular complexity index is 1350. The molecule has 1 aliphatic rings. The molecule has 2 aromatic carbocycles. The molecule has 4 rings (SSSR count). The van der Waals surface area contributed by atoms with Gasteiger partial charge in [0.15, 0.2) is 5.75 Å². The third kappa shape index (κ3) is 4.29. The van der Waals surface area contributed by atoms with Crippen LogP contribution in [0.15, 0.2) is 40.1 Å². The van der Waals surface area contributed by atoms with E-state index in [0.717, 1.165) is 36.9 Å². The van der Waals surface area contributed by atoms with Crippen molar-refractivity contribution in [3.63, 3.8) is 0 Å². The van der Waals surface area contributed by atoms with Crippen molar-refractivity contribution in [2.24, 2.45) is 5.41 Å². The highest BCUT2D eigenvalue weighted by molar-refractivity contribution is 6.00. The zero-order valence-electron chi connectivity index (χ0n) is 20.9. The molecule has 1 aliphatic carbocycles. The van der Waals surface area contributed by atoms with Crippen molar-refractivity contribution in [3.8, 4) is 5.75 Å². The number of hydrogen-bond donors (Lipinski definition) is 3. The van der Waals surface area contributed by atoms with Gasteiger partial charge in [0.2, 0.25) is 0 Å². The van der Waals surface area contributed by atoms with E-state index in [4.69, 9.17) is 0 Å². The van der Waals surface area contributed by atoms with E-state index in [9.17, 15) is 19.5 Å². The number of phenols is 1. The molecule has 1 aromatic heterocycles. The van der Waals surface area contributed by atoms with E-state index >= 15 is 0 Å². The van der Waals surface area contributed by atoms with Gasteiger partial charge in [-0.05, 0) is 55.4 Å². The first-order valence-corrected chi connectivity index (χ1v) is 11.9. The number of aromatic hydroxyl groups is 1. The van der Waals surface area contributed by atoms with E-state index in [-0.39, 0.29) is 45.7 Å². The molecule has 0 bridgehead atoms. The molecule has 1 fully saturated rings. The average Bonchev–Trinajstić information content (AvgIpc) is 3.27. The Balaban J connectivity index is 1.72. The predicted molar refractivity (Wildman–Crippen MR) is 137 cm³/mol. The topological polar surface area (TPSA) is 112 Å². The van der Waals surface area contributed by atoms with Crippen molar-refractivity contribution in [1.29, 1.82) is 0 Å². The molecular weight excluding hydrogens is 444 g/mol. The summed E-state index contributed by atoms with van der Waals surface area (Å²) in [7, 11) is 3.20. The first kappa shape index (κ1) is 24.4. The molecule has 0 unspecified atom stereocenters. The van der Waals surface area contributed by atoms with Gasteiger partial charge in [0, 0.05) is 20.3 Å². The standard InChI is InChI=1S/C27H32N4O4/c1-15-10-11-17(22(32)18(15)26(35)31(4)5)29-20-21(24(34)23(20)33)30-25(27(3)12-6-7-13-27)19-16(2)9-8-14-28-19/h8-11,14,25,29-30,32H,6-7,12-13H2,1-5H3/t25-/m0/s1. The molecule has 0 spiro atoms. The van der Waals surface area contributed by atoms with Crippen LogP contribution >= 0.6 is 0 Å². The van der Waals surface area contributed by atoms with Gasteiger partial charge in [-0.1, -0.05) is 31.9 Å². The Kier molecular flexibility index (Phi) is 6.40. The van der Waals surface area contributed by atoms with Gasteiger partial charge in [-0.3, -0.25) is 19.4 Å². The lowest BCUT2D eigenvalue weighted by atomic mass is 9.77. The van der Waals surface area contributed by atoms with Crippen LogP contribution in [0, 0.1) is 19.3 Å². The first-order chi connectivity index (χ1) is 16.5. The van der Waals surface area contributed by atoms with Crippen LogP contribution in [0.5, 0.6) is 5.75 Å². The van der Waals surface area contributed by atoms with Crippen molar-refractivity contribution in [2.75, 3.05) is 24.7 Å². The molecule has 3 aromatic rings. The van der Waals surface area contributed by atoms with Crippen LogP contribution in [0.25, 0.3) is 0 Å². The van der Waals surface area contributed by atoms with E-state index in [0.29, 0.717) is 5.56 Å². The smallest absolute Gasteiger partial charge is 0.257 e. The number of rotatable bonds is 7. The molecule has 1 heterocycles. The number of phenolic OH excluding ortho intramolecular Hbond substituents is 1. The van der Waals surface area contributed by atoms with Crippen LogP contribution in [0.1, 0.15) is 65.8 Å². The van der Waals surface area contributed by atoms with E-state index in [1.54, 1.807) is 39.3 Å². The highest BCUT2D eigenvalue weighted by Crippen LogP contribution is 2.49. The molecule has 0 saturated heterocycles. The minimum Gasteiger partial charge on any atom is -0.505 e. The number of nitrogens with zero attached hydrogens (tertiary/aromatic N) is 2. The number of nitrogens with one attached hydrogen (secondary N) is 2. The number of pyridine rings is 1. The normalized spacial score (nSPS) is 15.7. The molecule has 8 heteroatoms. The summed E-state index contributed by atoms with van der Waals surface area (Å²) in [6.45, 7) is 5.91. The average molecular weight is 477 g/mol. The minimum absolute atomic E-state index is 0.0811. The van der Waals surface area contributed by atoms with Crippen molar-refractivity contribution >= 4 is 23.0 Å². The van der Waals surface area contributed by atoms with Crippen LogP contribution in [-0.4, -0.2) is 35.0 Å². The van der Waals surface area contributed by atoms with E-state index in [1.165, 1.54) is 4.90 Å². The zero-order valence-corrected chi connectivity index (χ0v) is 20.9. The second kappa shape index (κ2) is 9.17. The molecular formula is C27H32N4O4. The zero-order chi connectivity index (χ0) is 25.5. The van der Waals surface area contributed by atoms with Crippen LogP contribution in [0.3, 0.4) is 0 Å². The van der Waals surface area contributed by atoms with Crippen LogP contribution in [0.4, 0.5) is 17.1 Å². The molecule has 35 heavy (non-hydrogen) atoms. The number of anilines is 3. The molecule has 0 aliphatic heterocycles. The summed E-state index contributed by atoms with van der Waals surface area (Å²) in [5, 5.41) is 17.1. The summed E-state index contributed by atoms with van der Waals surface area (Å²) >= 11 is 0. The van der Waals surface area contributed by atoms with Gasteiger partial charge in [0.05, 0.1) is 23.0 Å². The van der Waals surface area contributed by atoms with Crippen molar-refractivity contribution < 1.29 is 9.90 Å². The molecule has 1 atom stereocenters. The first-order valence-electron chi connectivity index (χ1n) is 11.9. The fourth-order valence-corrected chi connectivity index (χ4v) is 5.06. The van der Waals surface area contributed by atoms with Gasteiger partial charge >= 0.3 is 0 Å². The number of amides is 1. The predicted octanol–water partition coefficient (Wildman–Crippen LogP) is 4.18. The molecule has 1 saturated carbocycles. The highest BCUT2D eigenvalue weighted by Gasteiger charge is 2.41. The van der Waals surface area contributed by atoms with Gasteiger partial charge in [-0.15, -0.1) is 0 Å². The van der Waals surface area contributed by atoms with Crippen LogP contribution in [0.2, 0.25) is 0 Å². The molecule has 8 nitrogen and oxygen atoms in total. The Labute approximate surface area is 204 Å². The summed E-state index contributed by atoms with van der Waals surface area (Å²) in [4.78, 5) is 43.9. The number of hydrogen-bond acceptors (Lipinski definition) is 7. The summed E-state index contributed by atoms with van der Waals surface area (Å²) in [6, 6.07) is 6.90. The van der Waals surface area contributed by atoms with Crippen LogP contribution in [-0.2, 0) is 0 Å². The maximum Gasteiger partial charge on any atom is 0.257 e. The number of carbonyl (C=O) groups excluding carboxylic acids is 1. The summed E-state index contributed by atoms with van der Waals surface area (Å²) in [5.41, 5.74) is 1.66. The van der Waals surface area contributed by atoms with Gasteiger partial charge < -0.3 is 20.6 Å². The quantitative estimate of drug-likeness (QED) is 0.346. The van der Waals surface area contributed by atoms with Crippen LogP contribution < -0.4 is 21.5 Å². The fraction of sp³-hybridized carbons (Fsp3) is 0.407. The van der Waals surface area contributed by atoms with Crippen molar-refractivity contribution in [2.45, 2.75) is 52.5 Å². The number of carbonyl (C=O) groups is 1. The SMILES string of the molecule is Cc1cccnc1[C@H](Nc1c(Nc2ccc(C)c(C(=O)N(C)C)c2O)c(=O)c1=O)C1(C)CCCC1. The minimum atomic E-state index is -0.666. The van der Waals surface area contributed by atoms with Crippen molar-refractivity contribution in [3.05, 3.63) is 73.3 Å². The van der Waals surface area contributed by atoms with E-state index in [2.05, 4.69) is 22.5 Å². The van der Waals surface area contributed by atoms with E-state index in [1.807, 2.05) is 19.1 Å². The Morgan fingerprint density at radius 1 is 1.06 bits per heavy atom. The maximum atomic E-state index is 12.7. The molecule has 1 amide bonds. The second-order valence-corrected chi connectivity index (χ2v) is 10.0. The Hall–Kier alpha value is -3.68. The lowest BCUT2D eigenvalue weighted by Crippen LogP contribution is -2.40. The third-order valence-corrected chi connectivity index (χ3v) is 7.23. The fourth-order valence-electron chi connectivity index (χ4n) is 5.06. The number of aryl methyl sites for hydroxylation is 2. The molecule has 0 radical (unpaired) electrons. The highest BCUT2D eigenvalue weighted by atomic mass is 16.3. The van der Waals surface area contributed by atoms with Gasteiger partial charge in [-0.25, -0.2) is 0 Å². The Morgan fingerprint density at radius 2 is 1.71 bits per heavy atom. The summed E-state index contributed by atoms with van der Waals surface area (Å²) < 4.78 is 0. The second-order valence-electron chi connectivity index (χ2n) is 10.0.